The third-order valence-electron chi connectivity index (χ3n) is 3.33. The summed E-state index contributed by atoms with van der Waals surface area (Å²) in [7, 11) is 0. The molecule has 0 aliphatic heterocycles. The second-order valence-electron chi connectivity index (χ2n) is 4.69. The van der Waals surface area contributed by atoms with E-state index < -0.39 is 5.67 Å². The van der Waals surface area contributed by atoms with Gasteiger partial charge in [0, 0.05) is 6.54 Å². The predicted octanol–water partition coefficient (Wildman–Crippen LogP) is 3.48. The Balaban J connectivity index is 2.60. The third kappa shape index (κ3) is 2.16. The number of benzene rings is 2. The average molecular weight is 243 g/mol. The molecule has 2 rings (SSSR count). The van der Waals surface area contributed by atoms with Crippen molar-refractivity contribution in [2.75, 3.05) is 6.54 Å². The average Bonchev–Trinajstić information content (AvgIpc) is 2.41. The lowest BCUT2D eigenvalue weighted by Crippen LogP contribution is -2.32. The molecule has 0 aromatic heterocycles. The SMILES string of the molecule is Cc1ccc(C)c(C(F)(CN)c2ccccc2)c1. The number of alkyl halides is 1. The van der Waals surface area contributed by atoms with Gasteiger partial charge in [0.1, 0.15) is 0 Å². The van der Waals surface area contributed by atoms with Gasteiger partial charge in [-0.05, 0) is 30.5 Å². The minimum absolute atomic E-state index is 0.0543. The fourth-order valence-corrected chi connectivity index (χ4v) is 2.25. The number of aryl methyl sites for hydroxylation is 2. The summed E-state index contributed by atoms with van der Waals surface area (Å²) < 4.78 is 15.3. The Morgan fingerprint density at radius 2 is 1.72 bits per heavy atom. The zero-order valence-corrected chi connectivity index (χ0v) is 10.8. The van der Waals surface area contributed by atoms with Crippen LogP contribution in [0.2, 0.25) is 0 Å². The van der Waals surface area contributed by atoms with Gasteiger partial charge in [0.25, 0.3) is 0 Å². The molecule has 0 heterocycles. The summed E-state index contributed by atoms with van der Waals surface area (Å²) >= 11 is 0. The molecular weight excluding hydrogens is 225 g/mol. The number of rotatable bonds is 3. The molecular formula is C16H18FN. The predicted molar refractivity (Wildman–Crippen MR) is 73.3 cm³/mol. The molecule has 0 amide bonds. The number of halogens is 1. The highest BCUT2D eigenvalue weighted by Crippen LogP contribution is 2.35. The minimum Gasteiger partial charge on any atom is -0.327 e. The molecule has 1 nitrogen and oxygen atoms in total. The largest absolute Gasteiger partial charge is 0.327 e. The molecule has 2 N–H and O–H groups in total. The van der Waals surface area contributed by atoms with Gasteiger partial charge in [-0.2, -0.15) is 0 Å². The molecule has 2 aromatic rings. The molecule has 94 valence electrons. The van der Waals surface area contributed by atoms with Crippen molar-refractivity contribution < 1.29 is 4.39 Å². The maximum Gasteiger partial charge on any atom is 0.173 e. The van der Waals surface area contributed by atoms with Crippen LogP contribution in [0.25, 0.3) is 0 Å². The van der Waals surface area contributed by atoms with Crippen molar-refractivity contribution in [3.63, 3.8) is 0 Å². The number of nitrogens with two attached hydrogens (primary N) is 1. The summed E-state index contributed by atoms with van der Waals surface area (Å²) in [5, 5.41) is 0. The van der Waals surface area contributed by atoms with Crippen LogP contribution >= 0.6 is 0 Å². The van der Waals surface area contributed by atoms with Gasteiger partial charge in [0.2, 0.25) is 0 Å². The molecule has 18 heavy (non-hydrogen) atoms. The van der Waals surface area contributed by atoms with Gasteiger partial charge in [-0.15, -0.1) is 0 Å². The number of hydrogen-bond donors (Lipinski definition) is 1. The summed E-state index contributed by atoms with van der Waals surface area (Å²) in [5.74, 6) is 0. The molecule has 1 unspecified atom stereocenters. The van der Waals surface area contributed by atoms with Crippen LogP contribution < -0.4 is 5.73 Å². The molecule has 0 aliphatic rings. The van der Waals surface area contributed by atoms with Crippen molar-refractivity contribution >= 4 is 0 Å². The standard InChI is InChI=1S/C16H18FN/c1-12-8-9-13(2)15(10-12)16(17,11-18)14-6-4-3-5-7-14/h3-10H,11,18H2,1-2H3. The molecule has 0 spiro atoms. The Morgan fingerprint density at radius 3 is 2.33 bits per heavy atom. The highest BCUT2D eigenvalue weighted by Gasteiger charge is 2.33. The first-order valence-electron chi connectivity index (χ1n) is 6.10. The van der Waals surface area contributed by atoms with E-state index >= 15 is 4.39 Å². The Hall–Kier alpha value is -1.67. The molecule has 0 bridgehead atoms. The highest BCUT2D eigenvalue weighted by atomic mass is 19.1. The van der Waals surface area contributed by atoms with E-state index in [4.69, 9.17) is 5.73 Å². The quantitative estimate of drug-likeness (QED) is 0.877. The summed E-state index contributed by atoms with van der Waals surface area (Å²) in [5.41, 5.74) is 7.35. The first-order chi connectivity index (χ1) is 8.58. The second kappa shape index (κ2) is 4.91. The zero-order valence-electron chi connectivity index (χ0n) is 10.8. The lowest BCUT2D eigenvalue weighted by atomic mass is 9.85. The summed E-state index contributed by atoms with van der Waals surface area (Å²) in [6.07, 6.45) is 0. The smallest absolute Gasteiger partial charge is 0.173 e. The summed E-state index contributed by atoms with van der Waals surface area (Å²) in [4.78, 5) is 0. The lowest BCUT2D eigenvalue weighted by molar-refractivity contribution is 0.231. The first-order valence-corrected chi connectivity index (χ1v) is 6.10. The van der Waals surface area contributed by atoms with E-state index in [1.165, 1.54) is 0 Å². The van der Waals surface area contributed by atoms with Crippen LogP contribution in [0.15, 0.2) is 48.5 Å². The van der Waals surface area contributed by atoms with Crippen molar-refractivity contribution in [1.29, 1.82) is 0 Å². The van der Waals surface area contributed by atoms with Gasteiger partial charge in [0.15, 0.2) is 5.67 Å². The fraction of sp³-hybridized carbons (Fsp3) is 0.250. The lowest BCUT2D eigenvalue weighted by Gasteiger charge is -2.27. The van der Waals surface area contributed by atoms with E-state index in [-0.39, 0.29) is 6.54 Å². The molecule has 0 aliphatic carbocycles. The van der Waals surface area contributed by atoms with E-state index in [0.29, 0.717) is 11.1 Å². The molecule has 0 saturated heterocycles. The molecule has 0 saturated carbocycles. The van der Waals surface area contributed by atoms with Gasteiger partial charge in [-0.1, -0.05) is 54.1 Å². The van der Waals surface area contributed by atoms with Gasteiger partial charge in [0.05, 0.1) is 0 Å². The van der Waals surface area contributed by atoms with Crippen molar-refractivity contribution in [1.82, 2.24) is 0 Å². The van der Waals surface area contributed by atoms with E-state index in [2.05, 4.69) is 0 Å². The highest BCUT2D eigenvalue weighted by molar-refractivity contribution is 5.42. The van der Waals surface area contributed by atoms with Crippen molar-refractivity contribution in [2.24, 2.45) is 5.73 Å². The van der Waals surface area contributed by atoms with Gasteiger partial charge in [-0.3, -0.25) is 0 Å². The van der Waals surface area contributed by atoms with Crippen LogP contribution in [0.3, 0.4) is 0 Å². The molecule has 0 fully saturated rings. The fourth-order valence-electron chi connectivity index (χ4n) is 2.25. The van der Waals surface area contributed by atoms with Crippen molar-refractivity contribution in [3.8, 4) is 0 Å². The topological polar surface area (TPSA) is 26.0 Å². The van der Waals surface area contributed by atoms with Gasteiger partial charge in [-0.25, -0.2) is 4.39 Å². The second-order valence-corrected chi connectivity index (χ2v) is 4.69. The van der Waals surface area contributed by atoms with E-state index in [1.54, 1.807) is 12.1 Å². The van der Waals surface area contributed by atoms with Crippen LogP contribution in [-0.4, -0.2) is 6.54 Å². The Bertz CT molecular complexity index is 536. The van der Waals surface area contributed by atoms with Crippen LogP contribution in [0, 0.1) is 13.8 Å². The van der Waals surface area contributed by atoms with Crippen LogP contribution in [0.1, 0.15) is 22.3 Å². The first kappa shape index (κ1) is 12.8. The van der Waals surface area contributed by atoms with Gasteiger partial charge < -0.3 is 5.73 Å². The Labute approximate surface area is 107 Å². The normalized spacial score (nSPS) is 14.2. The maximum atomic E-state index is 15.3. The molecule has 1 atom stereocenters. The molecule has 0 radical (unpaired) electrons. The summed E-state index contributed by atoms with van der Waals surface area (Å²) in [6, 6.07) is 14.9. The zero-order chi connectivity index (χ0) is 13.2. The van der Waals surface area contributed by atoms with Crippen LogP contribution in [0.5, 0.6) is 0 Å². The van der Waals surface area contributed by atoms with Crippen molar-refractivity contribution in [3.05, 3.63) is 70.8 Å². The minimum atomic E-state index is -1.61. The van der Waals surface area contributed by atoms with E-state index in [1.807, 2.05) is 50.2 Å². The maximum absolute atomic E-state index is 15.3. The van der Waals surface area contributed by atoms with E-state index in [0.717, 1.165) is 11.1 Å². The van der Waals surface area contributed by atoms with E-state index in [9.17, 15) is 0 Å². The Kier molecular flexibility index (Phi) is 3.48. The monoisotopic (exact) mass is 243 g/mol. The molecule has 2 heteroatoms. The van der Waals surface area contributed by atoms with Gasteiger partial charge >= 0.3 is 0 Å². The van der Waals surface area contributed by atoms with Crippen LogP contribution in [-0.2, 0) is 5.67 Å². The third-order valence-corrected chi connectivity index (χ3v) is 3.33. The summed E-state index contributed by atoms with van der Waals surface area (Å²) in [6.45, 7) is 3.83. The number of hydrogen-bond acceptors (Lipinski definition) is 1. The molecule has 2 aromatic carbocycles. The Morgan fingerprint density at radius 1 is 1.06 bits per heavy atom. The van der Waals surface area contributed by atoms with Crippen LogP contribution in [0.4, 0.5) is 4.39 Å². The van der Waals surface area contributed by atoms with Crippen molar-refractivity contribution in [2.45, 2.75) is 19.5 Å².